The maximum Gasteiger partial charge on any atom is 0.494 e. The van der Waals surface area contributed by atoms with Crippen molar-refractivity contribution in [2.45, 2.75) is 115 Å². The number of benzene rings is 1. The van der Waals surface area contributed by atoms with Crippen LogP contribution < -0.4 is 15.7 Å². The van der Waals surface area contributed by atoms with Crippen molar-refractivity contribution in [1.29, 1.82) is 0 Å². The lowest BCUT2D eigenvalue weighted by Gasteiger charge is -2.33. The van der Waals surface area contributed by atoms with Crippen LogP contribution >= 0.6 is 0 Å². The molecule has 1 aromatic carbocycles. The average Bonchev–Trinajstić information content (AvgIpc) is 3.15. The molecule has 16 heteroatoms. The van der Waals surface area contributed by atoms with Crippen LogP contribution in [0.4, 0.5) is 39.5 Å². The van der Waals surface area contributed by atoms with E-state index in [1.807, 2.05) is 55.4 Å². The molecule has 2 heterocycles. The number of halogens is 9. The average molecular weight is 606 g/mol. The second kappa shape index (κ2) is 10.2. The number of alkyl halides is 9. The molecule has 3 rings (SSSR count). The van der Waals surface area contributed by atoms with Crippen LogP contribution in [0.5, 0.6) is 5.75 Å². The number of hydrogen-bond donors (Lipinski definition) is 0. The van der Waals surface area contributed by atoms with Crippen molar-refractivity contribution in [1.82, 2.24) is 0 Å². The fourth-order valence-electron chi connectivity index (χ4n) is 4.01. The van der Waals surface area contributed by atoms with Crippen LogP contribution in [0, 0.1) is 0 Å². The molecule has 2 aliphatic rings. The Kier molecular flexibility index (Phi) is 8.44. The van der Waals surface area contributed by atoms with Crippen molar-refractivity contribution in [3.63, 3.8) is 0 Å². The summed E-state index contributed by atoms with van der Waals surface area (Å²) in [5, 5.41) is 0. The predicted octanol–water partition coefficient (Wildman–Crippen LogP) is 5.91. The summed E-state index contributed by atoms with van der Waals surface area (Å²) >= 11 is 0. The second-order valence-electron chi connectivity index (χ2n) is 12.3. The summed E-state index contributed by atoms with van der Waals surface area (Å²) in [5.74, 6) is -19.2. The summed E-state index contributed by atoms with van der Waals surface area (Å²) in [6.45, 7) is 13.9. The van der Waals surface area contributed by atoms with Crippen molar-refractivity contribution < 1.29 is 62.9 Å². The van der Waals surface area contributed by atoms with E-state index in [1.165, 1.54) is 12.1 Å². The zero-order valence-corrected chi connectivity index (χ0v) is 24.0. The molecule has 41 heavy (non-hydrogen) atoms. The van der Waals surface area contributed by atoms with E-state index in [4.69, 9.17) is 23.4 Å². The van der Waals surface area contributed by atoms with E-state index in [2.05, 4.69) is 0 Å². The van der Waals surface area contributed by atoms with Crippen molar-refractivity contribution in [3.8, 4) is 5.75 Å². The molecular formula is C25H33B2F9O5. The Morgan fingerprint density at radius 1 is 0.610 bits per heavy atom. The summed E-state index contributed by atoms with van der Waals surface area (Å²) in [6.07, 6.45) is -9.83. The van der Waals surface area contributed by atoms with Gasteiger partial charge in [0.1, 0.15) is 5.75 Å². The highest BCUT2D eigenvalue weighted by Gasteiger charge is 2.81. The molecule has 0 spiro atoms. The largest absolute Gasteiger partial charge is 0.494 e. The lowest BCUT2D eigenvalue weighted by molar-refractivity contribution is -0.396. The number of ether oxygens (including phenoxy) is 1. The SMILES string of the molecule is CC1(C)OB(c2cc(OCCCC(F)(F)C(F)(F)C(F)(F)C(F)(F)F)cc(B3OC(C)(C)C(C)(C)O3)c2)OC1(C)C. The number of rotatable bonds is 9. The highest BCUT2D eigenvalue weighted by atomic mass is 19.4. The second-order valence-corrected chi connectivity index (χ2v) is 12.3. The summed E-state index contributed by atoms with van der Waals surface area (Å²) in [5.41, 5.74) is -2.06. The van der Waals surface area contributed by atoms with Crippen LogP contribution in [0.25, 0.3) is 0 Å². The first kappa shape index (κ1) is 33.9. The minimum absolute atomic E-state index is 0.0256. The van der Waals surface area contributed by atoms with E-state index in [-0.39, 0.29) is 5.75 Å². The molecule has 1 aromatic rings. The van der Waals surface area contributed by atoms with E-state index < -0.39 is 80.0 Å². The Morgan fingerprint density at radius 3 is 1.32 bits per heavy atom. The van der Waals surface area contributed by atoms with Gasteiger partial charge in [-0.25, -0.2) is 0 Å². The smallest absolute Gasteiger partial charge is 0.494 e. The van der Waals surface area contributed by atoms with Gasteiger partial charge in [0.15, 0.2) is 0 Å². The molecule has 0 atom stereocenters. The zero-order chi connectivity index (χ0) is 31.7. The van der Waals surface area contributed by atoms with Crippen LogP contribution in [0.2, 0.25) is 0 Å². The number of hydrogen-bond acceptors (Lipinski definition) is 5. The minimum Gasteiger partial charge on any atom is -0.494 e. The van der Waals surface area contributed by atoms with Gasteiger partial charge in [0.2, 0.25) is 0 Å². The van der Waals surface area contributed by atoms with E-state index in [0.717, 1.165) is 0 Å². The van der Waals surface area contributed by atoms with Gasteiger partial charge in [-0.2, -0.15) is 39.5 Å². The fourth-order valence-corrected chi connectivity index (χ4v) is 4.01. The normalized spacial score (nSPS) is 22.4. The zero-order valence-electron chi connectivity index (χ0n) is 24.0. The van der Waals surface area contributed by atoms with E-state index >= 15 is 0 Å². The van der Waals surface area contributed by atoms with Crippen LogP contribution in [0.1, 0.15) is 68.2 Å². The maximum atomic E-state index is 13.9. The third-order valence-corrected chi connectivity index (χ3v) is 8.12. The van der Waals surface area contributed by atoms with Crippen molar-refractivity contribution in [2.24, 2.45) is 0 Å². The molecule has 2 fully saturated rings. The molecule has 0 aromatic heterocycles. The van der Waals surface area contributed by atoms with Crippen molar-refractivity contribution in [2.75, 3.05) is 6.61 Å². The first-order valence-corrected chi connectivity index (χ1v) is 12.9. The summed E-state index contributed by atoms with van der Waals surface area (Å²) < 4.78 is 148. The van der Waals surface area contributed by atoms with Gasteiger partial charge < -0.3 is 23.4 Å². The molecule has 232 valence electrons. The molecular weight excluding hydrogens is 573 g/mol. The van der Waals surface area contributed by atoms with Crippen LogP contribution in [-0.4, -0.2) is 67.2 Å². The Labute approximate surface area is 233 Å². The predicted molar refractivity (Wildman–Crippen MR) is 133 cm³/mol. The first-order chi connectivity index (χ1) is 18.2. The molecule has 5 nitrogen and oxygen atoms in total. The van der Waals surface area contributed by atoms with Gasteiger partial charge in [-0.1, -0.05) is 6.07 Å². The Hall–Kier alpha value is -1.64. The van der Waals surface area contributed by atoms with Crippen LogP contribution in [-0.2, 0) is 18.6 Å². The standard InChI is InChI=1S/C25H33B2F9O5/c1-18(2)19(3,4)39-26(38-18)15-12-16(27-40-20(5,6)21(7,8)41-27)14-17(13-15)37-11-9-10-22(28,29)23(30,31)24(32,33)25(34,35)36/h12-14H,9-11H2,1-8H3. The summed E-state index contributed by atoms with van der Waals surface area (Å²) in [7, 11) is -1.81. The molecule has 2 saturated heterocycles. The van der Waals surface area contributed by atoms with Crippen molar-refractivity contribution >= 4 is 25.2 Å². The maximum absolute atomic E-state index is 13.9. The van der Waals surface area contributed by atoms with Gasteiger partial charge in [0.05, 0.1) is 29.0 Å². The summed E-state index contributed by atoms with van der Waals surface area (Å²) in [6, 6.07) is 4.56. The highest BCUT2D eigenvalue weighted by Crippen LogP contribution is 2.54. The quantitative estimate of drug-likeness (QED) is 0.199. The fraction of sp³-hybridized carbons (Fsp3) is 0.760. The van der Waals surface area contributed by atoms with Crippen molar-refractivity contribution in [3.05, 3.63) is 18.2 Å². The first-order valence-electron chi connectivity index (χ1n) is 12.9. The molecule has 0 amide bonds. The van der Waals surface area contributed by atoms with Gasteiger partial charge in [0, 0.05) is 6.42 Å². The van der Waals surface area contributed by atoms with Gasteiger partial charge >= 0.3 is 38.2 Å². The lowest BCUT2D eigenvalue weighted by Crippen LogP contribution is -2.60. The summed E-state index contributed by atoms with van der Waals surface area (Å²) in [4.78, 5) is 0. The molecule has 0 N–H and O–H groups in total. The lowest BCUT2D eigenvalue weighted by atomic mass is 9.71. The van der Waals surface area contributed by atoms with Gasteiger partial charge in [0.25, 0.3) is 0 Å². The molecule has 0 unspecified atom stereocenters. The third kappa shape index (κ3) is 6.08. The molecule has 0 radical (unpaired) electrons. The van der Waals surface area contributed by atoms with Crippen LogP contribution in [0.15, 0.2) is 18.2 Å². The Balaban J connectivity index is 1.82. The molecule has 2 aliphatic heterocycles. The van der Waals surface area contributed by atoms with E-state index in [9.17, 15) is 39.5 Å². The van der Waals surface area contributed by atoms with E-state index in [0.29, 0.717) is 10.9 Å². The minimum atomic E-state index is -6.93. The monoisotopic (exact) mass is 606 g/mol. The third-order valence-electron chi connectivity index (χ3n) is 8.12. The highest BCUT2D eigenvalue weighted by molar-refractivity contribution is 6.66. The van der Waals surface area contributed by atoms with E-state index in [1.54, 1.807) is 6.07 Å². The van der Waals surface area contributed by atoms with Crippen LogP contribution in [0.3, 0.4) is 0 Å². The Bertz CT molecular complexity index is 1040. The molecule has 0 aliphatic carbocycles. The Morgan fingerprint density at radius 2 is 0.976 bits per heavy atom. The topological polar surface area (TPSA) is 46.2 Å². The van der Waals surface area contributed by atoms with Gasteiger partial charge in [-0.05, 0) is 84.9 Å². The van der Waals surface area contributed by atoms with Gasteiger partial charge in [-0.15, -0.1) is 0 Å². The molecule has 0 bridgehead atoms. The van der Waals surface area contributed by atoms with Gasteiger partial charge in [-0.3, -0.25) is 0 Å². The molecule has 0 saturated carbocycles.